The lowest BCUT2D eigenvalue weighted by Crippen LogP contribution is -2.56. The quantitative estimate of drug-likeness (QED) is 0.642. The Labute approximate surface area is 173 Å². The number of aromatic nitrogens is 1. The first-order valence-electron chi connectivity index (χ1n) is 9.33. The van der Waals surface area contributed by atoms with Crippen molar-refractivity contribution in [2.45, 2.75) is 32.7 Å². The SMILES string of the molecule is C.O=C([O-])c1c(OC2CN(C(=O)Cc3ccccn3)C2)ccc2c1O[B-](O)(O)CC2. The Morgan fingerprint density at radius 3 is 2.70 bits per heavy atom. The van der Waals surface area contributed by atoms with Crippen LogP contribution in [0.3, 0.4) is 0 Å². The number of aromatic carboxylic acids is 1. The maximum atomic E-state index is 12.3. The summed E-state index contributed by atoms with van der Waals surface area (Å²) in [5, 5.41) is 31.2. The van der Waals surface area contributed by atoms with Gasteiger partial charge in [0.15, 0.2) is 0 Å². The van der Waals surface area contributed by atoms with Crippen LogP contribution < -0.4 is 14.5 Å². The van der Waals surface area contributed by atoms with E-state index in [1.165, 1.54) is 6.07 Å². The number of carbonyl (C=O) groups is 2. The van der Waals surface area contributed by atoms with Crippen LogP contribution in [0.2, 0.25) is 6.32 Å². The second-order valence-corrected chi connectivity index (χ2v) is 7.27. The van der Waals surface area contributed by atoms with E-state index in [1.54, 1.807) is 29.3 Å². The fourth-order valence-corrected chi connectivity index (χ4v) is 3.49. The van der Waals surface area contributed by atoms with Gasteiger partial charge in [0.25, 0.3) is 0 Å². The van der Waals surface area contributed by atoms with Gasteiger partial charge >= 0.3 is 6.75 Å². The molecule has 1 aromatic heterocycles. The zero-order chi connectivity index (χ0) is 20.6. The Bertz CT molecular complexity index is 946. The van der Waals surface area contributed by atoms with E-state index in [-0.39, 0.29) is 55.7 Å². The first-order chi connectivity index (χ1) is 13.8. The third-order valence-electron chi connectivity index (χ3n) is 5.05. The zero-order valence-electron chi connectivity index (χ0n) is 15.5. The number of hydrogen-bond acceptors (Lipinski definition) is 8. The van der Waals surface area contributed by atoms with Crippen molar-refractivity contribution < 1.29 is 34.1 Å². The number of nitrogens with zero attached hydrogens (tertiary/aromatic N) is 2. The number of carbonyl (C=O) groups excluding carboxylic acids is 2. The average Bonchev–Trinajstić information content (AvgIpc) is 2.63. The van der Waals surface area contributed by atoms with Crippen molar-refractivity contribution in [2.24, 2.45) is 0 Å². The van der Waals surface area contributed by atoms with Gasteiger partial charge in [0.2, 0.25) is 5.91 Å². The molecule has 3 heterocycles. The monoisotopic (exact) mass is 414 g/mol. The van der Waals surface area contributed by atoms with Crippen molar-refractivity contribution in [3.8, 4) is 11.5 Å². The van der Waals surface area contributed by atoms with E-state index in [1.807, 2.05) is 6.07 Å². The highest BCUT2D eigenvalue weighted by Crippen LogP contribution is 2.38. The predicted molar refractivity (Wildman–Crippen MR) is 106 cm³/mol. The molecule has 1 saturated heterocycles. The van der Waals surface area contributed by atoms with Gasteiger partial charge in [-0.05, 0) is 30.2 Å². The summed E-state index contributed by atoms with van der Waals surface area (Å²) in [6.45, 7) is -2.50. The smallest absolute Gasteiger partial charge is 0.430 e. The molecule has 2 aliphatic heterocycles. The molecule has 2 aliphatic rings. The molecule has 30 heavy (non-hydrogen) atoms. The van der Waals surface area contributed by atoms with E-state index in [4.69, 9.17) is 9.39 Å². The normalized spacial score (nSPS) is 17.1. The maximum Gasteiger partial charge on any atom is 0.430 e. The lowest BCUT2D eigenvalue weighted by molar-refractivity contribution is -0.255. The largest absolute Gasteiger partial charge is 0.669 e. The number of carboxylic acid groups (broad SMARTS) is 1. The molecule has 9 nitrogen and oxygen atoms in total. The summed E-state index contributed by atoms with van der Waals surface area (Å²) in [6.07, 6.45) is 1.67. The summed E-state index contributed by atoms with van der Waals surface area (Å²) < 4.78 is 10.9. The van der Waals surface area contributed by atoms with Crippen LogP contribution >= 0.6 is 0 Å². The molecular formula is C20H23BN2O7-2. The summed E-state index contributed by atoms with van der Waals surface area (Å²) >= 11 is 0. The number of aryl methyl sites for hydroxylation is 1. The van der Waals surface area contributed by atoms with E-state index in [2.05, 4.69) is 4.98 Å². The molecule has 0 spiro atoms. The van der Waals surface area contributed by atoms with Crippen molar-refractivity contribution in [3.05, 3.63) is 53.3 Å². The van der Waals surface area contributed by atoms with Crippen LogP contribution in [0, 0.1) is 0 Å². The number of benzene rings is 1. The molecule has 1 amide bonds. The molecule has 0 bridgehead atoms. The molecule has 0 atom stereocenters. The van der Waals surface area contributed by atoms with Crippen LogP contribution in [0.5, 0.6) is 11.5 Å². The molecule has 0 unspecified atom stereocenters. The topological polar surface area (TPSA) is 132 Å². The lowest BCUT2D eigenvalue weighted by Gasteiger charge is -2.41. The molecule has 2 aromatic rings. The Kier molecular flexibility index (Phi) is 6.00. The average molecular weight is 414 g/mol. The number of rotatable bonds is 5. The van der Waals surface area contributed by atoms with Crippen LogP contribution in [0.15, 0.2) is 36.5 Å². The van der Waals surface area contributed by atoms with Gasteiger partial charge < -0.3 is 34.2 Å². The minimum Gasteiger partial charge on any atom is -0.669 e. The van der Waals surface area contributed by atoms with Gasteiger partial charge in [-0.15, -0.1) is 0 Å². The Morgan fingerprint density at radius 2 is 2.03 bits per heavy atom. The van der Waals surface area contributed by atoms with E-state index >= 15 is 0 Å². The number of hydrogen-bond donors (Lipinski definition) is 2. The minimum absolute atomic E-state index is 0. The lowest BCUT2D eigenvalue weighted by atomic mass is 9.70. The highest BCUT2D eigenvalue weighted by atomic mass is 16.6. The van der Waals surface area contributed by atoms with Gasteiger partial charge in [0.05, 0.1) is 36.8 Å². The molecular weight excluding hydrogens is 391 g/mol. The van der Waals surface area contributed by atoms with Crippen LogP contribution in [0.25, 0.3) is 0 Å². The molecule has 0 radical (unpaired) electrons. The summed E-state index contributed by atoms with van der Waals surface area (Å²) in [4.78, 5) is 29.7. The third kappa shape index (κ3) is 4.39. The van der Waals surface area contributed by atoms with E-state index in [0.717, 1.165) is 0 Å². The second-order valence-electron chi connectivity index (χ2n) is 7.27. The number of pyridine rings is 1. The molecule has 4 rings (SSSR count). The molecule has 0 aliphatic carbocycles. The molecule has 2 N–H and O–H groups in total. The van der Waals surface area contributed by atoms with E-state index in [9.17, 15) is 24.7 Å². The summed E-state index contributed by atoms with van der Waals surface area (Å²) in [6, 6.07) is 8.49. The van der Waals surface area contributed by atoms with Crippen LogP contribution in [0.1, 0.15) is 29.0 Å². The fraction of sp³-hybridized carbons (Fsp3) is 0.350. The van der Waals surface area contributed by atoms with Crippen molar-refractivity contribution in [1.82, 2.24) is 9.88 Å². The number of fused-ring (bicyclic) bond motifs is 1. The van der Waals surface area contributed by atoms with Crippen LogP contribution in [0.4, 0.5) is 0 Å². The Hall–Kier alpha value is -3.11. The van der Waals surface area contributed by atoms with Gasteiger partial charge in [0.1, 0.15) is 11.9 Å². The molecule has 160 valence electrons. The van der Waals surface area contributed by atoms with Gasteiger partial charge in [-0.2, -0.15) is 0 Å². The highest BCUT2D eigenvalue weighted by molar-refractivity contribution is 6.59. The highest BCUT2D eigenvalue weighted by Gasteiger charge is 2.35. The Balaban J connectivity index is 0.00000256. The fourth-order valence-electron chi connectivity index (χ4n) is 3.49. The van der Waals surface area contributed by atoms with Gasteiger partial charge in [-0.25, -0.2) is 0 Å². The first kappa shape index (κ1) is 21.6. The molecule has 1 aromatic carbocycles. The second kappa shape index (κ2) is 8.33. The third-order valence-corrected chi connectivity index (χ3v) is 5.05. The number of carboxylic acids is 1. The number of likely N-dealkylation sites (tertiary alicyclic amines) is 1. The standard InChI is InChI=1S/C19H20BN2O7.CH4/c23-16(9-13-3-1-2-8-21-13)22-10-14(11-22)28-15-5-4-12-6-7-20(26,27)29-18(12)17(15)19(24)25;/h1-5,8,14,26-27H,6-7,9-11H2,(H,24,25);1H4/q-1;/p-1. The minimum atomic E-state index is -3.12. The summed E-state index contributed by atoms with van der Waals surface area (Å²) in [5.41, 5.74) is 0.860. The van der Waals surface area contributed by atoms with E-state index < -0.39 is 12.7 Å². The van der Waals surface area contributed by atoms with Crippen molar-refractivity contribution >= 4 is 18.6 Å². The van der Waals surface area contributed by atoms with Gasteiger partial charge in [0, 0.05) is 11.9 Å². The maximum absolute atomic E-state index is 12.3. The van der Waals surface area contributed by atoms with Crippen LogP contribution in [-0.4, -0.2) is 57.8 Å². The Morgan fingerprint density at radius 1 is 1.27 bits per heavy atom. The molecule has 1 fully saturated rings. The number of ether oxygens (including phenoxy) is 1. The van der Waals surface area contributed by atoms with Crippen LogP contribution in [-0.2, 0) is 17.6 Å². The molecule has 10 heteroatoms. The molecule has 0 saturated carbocycles. The van der Waals surface area contributed by atoms with Gasteiger partial charge in [-0.3, -0.25) is 9.78 Å². The van der Waals surface area contributed by atoms with Gasteiger partial charge in [-0.1, -0.05) is 25.9 Å². The van der Waals surface area contributed by atoms with Crippen molar-refractivity contribution in [2.75, 3.05) is 13.1 Å². The zero-order valence-corrected chi connectivity index (χ0v) is 15.5. The van der Waals surface area contributed by atoms with E-state index in [0.29, 0.717) is 24.3 Å². The predicted octanol–water partition coefficient (Wildman–Crippen LogP) is -0.228. The van der Waals surface area contributed by atoms with Crippen molar-refractivity contribution in [1.29, 1.82) is 0 Å². The summed E-state index contributed by atoms with van der Waals surface area (Å²) in [5.74, 6) is -1.75. The number of amides is 1. The first-order valence-corrected chi connectivity index (χ1v) is 9.33. The van der Waals surface area contributed by atoms with Crippen molar-refractivity contribution in [3.63, 3.8) is 0 Å². The summed E-state index contributed by atoms with van der Waals surface area (Å²) in [7, 11) is 0.